The second kappa shape index (κ2) is 6.69. The minimum Gasteiger partial charge on any atom is -0.394 e. The average Bonchev–Trinajstić information content (AvgIpc) is 3.09. The number of nitrogens with one attached hydrogen (secondary N) is 1. The summed E-state index contributed by atoms with van der Waals surface area (Å²) in [5, 5.41) is 13.0. The first-order chi connectivity index (χ1) is 8.04. The first-order valence-corrected chi connectivity index (χ1v) is 6.64. The van der Waals surface area contributed by atoms with Gasteiger partial charge in [-0.1, -0.05) is 0 Å². The molecule has 17 heavy (non-hydrogen) atoms. The lowest BCUT2D eigenvalue weighted by molar-refractivity contribution is 0.0490. The molecule has 1 atom stereocenters. The number of nitrogens with zero attached hydrogens (tertiary/aromatic N) is 1. The number of hydrogen-bond acceptors (Lipinski definition) is 4. The molecular weight excluding hydrogens is 216 g/mol. The van der Waals surface area contributed by atoms with Crippen LogP contribution >= 0.6 is 0 Å². The van der Waals surface area contributed by atoms with Gasteiger partial charge in [-0.05, 0) is 46.7 Å². The third kappa shape index (κ3) is 4.54. The fourth-order valence-electron chi connectivity index (χ4n) is 2.31. The molecule has 0 heterocycles. The summed E-state index contributed by atoms with van der Waals surface area (Å²) >= 11 is 0. The second-order valence-electron chi connectivity index (χ2n) is 5.50. The van der Waals surface area contributed by atoms with Crippen molar-refractivity contribution in [3.05, 3.63) is 0 Å². The Kier molecular flexibility index (Phi) is 5.86. The number of aliphatic hydroxyl groups excluding tert-OH is 1. The quantitative estimate of drug-likeness (QED) is 0.627. The van der Waals surface area contributed by atoms with E-state index < -0.39 is 0 Å². The fraction of sp³-hybridized carbons (Fsp3) is 1.00. The van der Waals surface area contributed by atoms with Gasteiger partial charge in [-0.3, -0.25) is 0 Å². The molecule has 2 N–H and O–H groups in total. The maximum atomic E-state index is 9.63. The summed E-state index contributed by atoms with van der Waals surface area (Å²) in [5.74, 6) is 0.631. The summed E-state index contributed by atoms with van der Waals surface area (Å²) in [6, 6.07) is 0. The highest BCUT2D eigenvalue weighted by atomic mass is 16.5. The van der Waals surface area contributed by atoms with Crippen LogP contribution in [0.2, 0.25) is 0 Å². The average molecular weight is 244 g/mol. The third-order valence-electron chi connectivity index (χ3n) is 3.62. The van der Waals surface area contributed by atoms with Crippen molar-refractivity contribution in [2.75, 3.05) is 40.4 Å². The highest BCUT2D eigenvalue weighted by Crippen LogP contribution is 2.39. The van der Waals surface area contributed by atoms with Crippen LogP contribution < -0.4 is 5.32 Å². The van der Waals surface area contributed by atoms with Crippen LogP contribution in [0.4, 0.5) is 0 Å². The Hall–Kier alpha value is -0.160. The second-order valence-corrected chi connectivity index (χ2v) is 5.50. The van der Waals surface area contributed by atoms with Gasteiger partial charge in [0, 0.05) is 13.1 Å². The highest BCUT2D eigenvalue weighted by Gasteiger charge is 2.44. The van der Waals surface area contributed by atoms with Crippen LogP contribution in [0.5, 0.6) is 0 Å². The summed E-state index contributed by atoms with van der Waals surface area (Å²) < 4.78 is 5.55. The van der Waals surface area contributed by atoms with Gasteiger partial charge in [0.2, 0.25) is 0 Å². The number of aliphatic hydroxyl groups is 1. The lowest BCUT2D eigenvalue weighted by atomic mass is 9.93. The van der Waals surface area contributed by atoms with Crippen molar-refractivity contribution in [1.29, 1.82) is 0 Å². The van der Waals surface area contributed by atoms with Crippen molar-refractivity contribution in [2.45, 2.75) is 38.3 Å². The van der Waals surface area contributed by atoms with Gasteiger partial charge in [-0.25, -0.2) is 0 Å². The van der Waals surface area contributed by atoms with Crippen LogP contribution in [0.1, 0.15) is 26.7 Å². The molecule has 0 aromatic heterocycles. The lowest BCUT2D eigenvalue weighted by Crippen LogP contribution is -2.56. The standard InChI is InChI=1S/C13H28N2O2/c1-11(2)17-8-7-15(4)9-13(10-16,14-3)12-5-6-12/h11-12,14,16H,5-10H2,1-4H3. The zero-order valence-corrected chi connectivity index (χ0v) is 11.7. The van der Waals surface area contributed by atoms with E-state index in [1.807, 2.05) is 7.05 Å². The monoisotopic (exact) mass is 244 g/mol. The van der Waals surface area contributed by atoms with Gasteiger partial charge >= 0.3 is 0 Å². The van der Waals surface area contributed by atoms with Gasteiger partial charge in [0.15, 0.2) is 0 Å². The maximum Gasteiger partial charge on any atom is 0.0628 e. The predicted octanol–water partition coefficient (Wildman–Crippen LogP) is 0.704. The zero-order chi connectivity index (χ0) is 12.9. The summed E-state index contributed by atoms with van der Waals surface area (Å²) in [7, 11) is 4.04. The molecule has 0 radical (unpaired) electrons. The van der Waals surface area contributed by atoms with E-state index in [0.29, 0.717) is 12.0 Å². The molecule has 1 aliphatic rings. The normalized spacial score (nSPS) is 19.9. The minimum atomic E-state index is -0.118. The number of hydrogen-bond donors (Lipinski definition) is 2. The molecule has 102 valence electrons. The molecule has 0 aromatic carbocycles. The molecule has 4 heteroatoms. The predicted molar refractivity (Wildman–Crippen MR) is 70.2 cm³/mol. The molecule has 1 unspecified atom stereocenters. The molecule has 1 rings (SSSR count). The topological polar surface area (TPSA) is 44.7 Å². The Morgan fingerprint density at radius 1 is 1.47 bits per heavy atom. The van der Waals surface area contributed by atoms with Crippen molar-refractivity contribution in [2.24, 2.45) is 5.92 Å². The molecule has 0 aliphatic heterocycles. The van der Waals surface area contributed by atoms with Crippen molar-refractivity contribution < 1.29 is 9.84 Å². The van der Waals surface area contributed by atoms with Crippen molar-refractivity contribution in [3.63, 3.8) is 0 Å². The van der Waals surface area contributed by atoms with Crippen LogP contribution in [-0.2, 0) is 4.74 Å². The van der Waals surface area contributed by atoms with E-state index in [4.69, 9.17) is 4.74 Å². The number of likely N-dealkylation sites (N-methyl/N-ethyl adjacent to an activating group) is 2. The fourth-order valence-corrected chi connectivity index (χ4v) is 2.31. The van der Waals surface area contributed by atoms with Crippen molar-refractivity contribution in [3.8, 4) is 0 Å². The Balaban J connectivity index is 2.33. The molecule has 0 amide bonds. The smallest absolute Gasteiger partial charge is 0.0628 e. The summed E-state index contributed by atoms with van der Waals surface area (Å²) in [4.78, 5) is 2.24. The molecule has 1 aliphatic carbocycles. The Morgan fingerprint density at radius 3 is 2.53 bits per heavy atom. The van der Waals surface area contributed by atoms with Crippen molar-refractivity contribution in [1.82, 2.24) is 10.2 Å². The summed E-state index contributed by atoms with van der Waals surface area (Å²) in [6.07, 6.45) is 2.76. The van der Waals surface area contributed by atoms with E-state index >= 15 is 0 Å². The lowest BCUT2D eigenvalue weighted by Gasteiger charge is -2.36. The van der Waals surface area contributed by atoms with Crippen LogP contribution in [0.3, 0.4) is 0 Å². The first-order valence-electron chi connectivity index (χ1n) is 6.64. The minimum absolute atomic E-state index is 0.118. The van der Waals surface area contributed by atoms with E-state index in [-0.39, 0.29) is 12.1 Å². The molecule has 0 aromatic rings. The van der Waals surface area contributed by atoms with E-state index in [9.17, 15) is 5.11 Å². The number of rotatable bonds is 9. The highest BCUT2D eigenvalue weighted by molar-refractivity contribution is 5.01. The molecule has 4 nitrogen and oxygen atoms in total. The Labute approximate surface area is 105 Å². The van der Waals surface area contributed by atoms with Crippen molar-refractivity contribution >= 4 is 0 Å². The maximum absolute atomic E-state index is 9.63. The van der Waals surface area contributed by atoms with E-state index in [1.54, 1.807) is 0 Å². The van der Waals surface area contributed by atoms with Gasteiger partial charge in [-0.2, -0.15) is 0 Å². The molecule has 1 fully saturated rings. The Bertz CT molecular complexity index is 213. The van der Waals surface area contributed by atoms with Crippen LogP contribution in [0, 0.1) is 5.92 Å². The molecular formula is C13H28N2O2. The van der Waals surface area contributed by atoms with Crippen LogP contribution in [0.15, 0.2) is 0 Å². The van der Waals surface area contributed by atoms with Crippen LogP contribution in [-0.4, -0.2) is 62.0 Å². The van der Waals surface area contributed by atoms with E-state index in [0.717, 1.165) is 19.7 Å². The largest absolute Gasteiger partial charge is 0.394 e. The number of ether oxygens (including phenoxy) is 1. The molecule has 0 spiro atoms. The molecule has 1 saturated carbocycles. The van der Waals surface area contributed by atoms with Gasteiger partial charge in [0.05, 0.1) is 24.9 Å². The van der Waals surface area contributed by atoms with Crippen LogP contribution in [0.25, 0.3) is 0 Å². The van der Waals surface area contributed by atoms with Gasteiger partial charge < -0.3 is 20.1 Å². The SMILES string of the molecule is CNC(CO)(CN(C)CCOC(C)C)C1CC1. The molecule has 0 saturated heterocycles. The van der Waals surface area contributed by atoms with Gasteiger partial charge in [0.25, 0.3) is 0 Å². The van der Waals surface area contributed by atoms with E-state index in [1.165, 1.54) is 12.8 Å². The van der Waals surface area contributed by atoms with Gasteiger partial charge in [-0.15, -0.1) is 0 Å². The van der Waals surface area contributed by atoms with E-state index in [2.05, 4.69) is 31.1 Å². The van der Waals surface area contributed by atoms with Gasteiger partial charge in [0.1, 0.15) is 0 Å². The zero-order valence-electron chi connectivity index (χ0n) is 11.7. The summed E-state index contributed by atoms with van der Waals surface area (Å²) in [6.45, 7) is 6.86. The summed E-state index contributed by atoms with van der Waals surface area (Å²) in [5.41, 5.74) is -0.118. The molecule has 0 bridgehead atoms. The first kappa shape index (κ1) is 14.9. The Morgan fingerprint density at radius 2 is 2.12 bits per heavy atom. The third-order valence-corrected chi connectivity index (χ3v) is 3.62.